The normalized spacial score (nSPS) is 10.7. The Morgan fingerprint density at radius 1 is 0.938 bits per heavy atom. The molecule has 0 aliphatic rings. The summed E-state index contributed by atoms with van der Waals surface area (Å²) in [6, 6.07) is 6.83. The summed E-state index contributed by atoms with van der Waals surface area (Å²) in [5.41, 5.74) is 4.76. The van der Waals surface area contributed by atoms with Gasteiger partial charge in [-0.15, -0.1) is 9.24 Å². The van der Waals surface area contributed by atoms with E-state index in [1.165, 1.54) is 44.1 Å². The molecule has 0 spiro atoms. The minimum Gasteiger partial charge on any atom is -0.133 e. The smallest absolute Gasteiger partial charge is 0.0126 e. The van der Waals surface area contributed by atoms with Crippen molar-refractivity contribution in [2.75, 3.05) is 0 Å². The first-order valence-electron chi connectivity index (χ1n) is 6.63. The van der Waals surface area contributed by atoms with Crippen molar-refractivity contribution in [3.63, 3.8) is 0 Å². The summed E-state index contributed by atoms with van der Waals surface area (Å²) in [6.45, 7) is 4.54. The lowest BCUT2D eigenvalue weighted by molar-refractivity contribution is 0.754. The van der Waals surface area contributed by atoms with Crippen LogP contribution in [0.15, 0.2) is 18.2 Å². The summed E-state index contributed by atoms with van der Waals surface area (Å²) in [6.07, 6.45) is 8.84. The monoisotopic (exact) mass is 236 g/mol. The topological polar surface area (TPSA) is 0 Å². The van der Waals surface area contributed by atoms with Crippen molar-refractivity contribution in [3.05, 3.63) is 34.9 Å². The first-order valence-corrected chi connectivity index (χ1v) is 7.44. The Labute approximate surface area is 103 Å². The van der Waals surface area contributed by atoms with Crippen molar-refractivity contribution in [1.29, 1.82) is 0 Å². The molecule has 0 amide bonds. The van der Waals surface area contributed by atoms with Crippen LogP contribution in [0.1, 0.15) is 56.2 Å². The van der Waals surface area contributed by atoms with E-state index >= 15 is 0 Å². The van der Waals surface area contributed by atoms with Crippen molar-refractivity contribution in [2.45, 2.75) is 58.5 Å². The van der Waals surface area contributed by atoms with E-state index in [2.05, 4.69) is 41.3 Å². The highest BCUT2D eigenvalue weighted by atomic mass is 31.0. The molecule has 0 fully saturated rings. The highest BCUT2D eigenvalue weighted by Gasteiger charge is 2.06. The Morgan fingerprint density at radius 3 is 2.19 bits per heavy atom. The molecule has 0 heterocycles. The van der Waals surface area contributed by atoms with E-state index in [0.717, 1.165) is 6.16 Å². The van der Waals surface area contributed by atoms with E-state index < -0.39 is 0 Å². The molecule has 0 aliphatic carbocycles. The van der Waals surface area contributed by atoms with Gasteiger partial charge in [-0.1, -0.05) is 44.9 Å². The maximum Gasteiger partial charge on any atom is -0.0126 e. The van der Waals surface area contributed by atoms with E-state index in [4.69, 9.17) is 0 Å². The molecule has 1 aromatic carbocycles. The molecule has 1 aromatic rings. The zero-order chi connectivity index (χ0) is 11.8. The van der Waals surface area contributed by atoms with E-state index in [9.17, 15) is 0 Å². The van der Waals surface area contributed by atoms with Gasteiger partial charge in [0.1, 0.15) is 0 Å². The van der Waals surface area contributed by atoms with E-state index in [1.807, 2.05) is 0 Å². The first-order chi connectivity index (χ1) is 7.83. The summed E-state index contributed by atoms with van der Waals surface area (Å²) in [4.78, 5) is 0. The molecule has 16 heavy (non-hydrogen) atoms. The van der Waals surface area contributed by atoms with Gasteiger partial charge in [0.15, 0.2) is 0 Å². The second-order valence-electron chi connectivity index (χ2n) is 4.47. The molecular weight excluding hydrogens is 211 g/mol. The zero-order valence-electron chi connectivity index (χ0n) is 10.8. The van der Waals surface area contributed by atoms with Crippen LogP contribution in [0.3, 0.4) is 0 Å². The largest absolute Gasteiger partial charge is 0.133 e. The second kappa shape index (κ2) is 7.85. The fraction of sp³-hybridized carbons (Fsp3) is 0.600. The Hall–Kier alpha value is -0.350. The predicted molar refractivity (Wildman–Crippen MR) is 77.1 cm³/mol. The van der Waals surface area contributed by atoms with Crippen LogP contribution in [0.2, 0.25) is 0 Å². The molecule has 0 saturated carbocycles. The summed E-state index contributed by atoms with van der Waals surface area (Å²) in [7, 11) is 2.86. The predicted octanol–water partition coefficient (Wildman–Crippen LogP) is 4.75. The molecular formula is C15H25P. The summed E-state index contributed by atoms with van der Waals surface area (Å²) in [5, 5.41) is 0. The molecule has 0 bridgehead atoms. The molecule has 0 radical (unpaired) electrons. The van der Waals surface area contributed by atoms with Crippen LogP contribution < -0.4 is 0 Å². The van der Waals surface area contributed by atoms with Crippen molar-refractivity contribution < 1.29 is 0 Å². The Morgan fingerprint density at radius 2 is 1.56 bits per heavy atom. The maximum absolute atomic E-state index is 2.86. The van der Waals surface area contributed by atoms with Crippen LogP contribution in [0.5, 0.6) is 0 Å². The van der Waals surface area contributed by atoms with Gasteiger partial charge in [0, 0.05) is 0 Å². The number of benzene rings is 1. The third-order valence-electron chi connectivity index (χ3n) is 3.17. The van der Waals surface area contributed by atoms with Gasteiger partial charge in [0.05, 0.1) is 0 Å². The number of rotatable bonds is 7. The van der Waals surface area contributed by atoms with Crippen molar-refractivity contribution in [3.8, 4) is 0 Å². The maximum atomic E-state index is 2.86. The number of aryl methyl sites for hydroxylation is 1. The van der Waals surface area contributed by atoms with Crippen LogP contribution in [0.25, 0.3) is 0 Å². The lowest BCUT2D eigenvalue weighted by Crippen LogP contribution is -1.99. The molecule has 0 saturated heterocycles. The molecule has 1 atom stereocenters. The lowest BCUT2D eigenvalue weighted by atomic mass is 9.94. The molecule has 1 heteroatoms. The molecule has 90 valence electrons. The van der Waals surface area contributed by atoms with Gasteiger partial charge < -0.3 is 0 Å². The summed E-state index contributed by atoms with van der Waals surface area (Å²) >= 11 is 0. The summed E-state index contributed by atoms with van der Waals surface area (Å²) < 4.78 is 0. The van der Waals surface area contributed by atoms with Gasteiger partial charge in [-0.3, -0.25) is 0 Å². The fourth-order valence-corrected chi connectivity index (χ4v) is 2.54. The number of unbranched alkanes of at least 4 members (excludes halogenated alkanes) is 2. The van der Waals surface area contributed by atoms with Crippen molar-refractivity contribution in [1.82, 2.24) is 0 Å². The molecule has 0 aliphatic heterocycles. The van der Waals surface area contributed by atoms with Crippen LogP contribution in [0, 0.1) is 0 Å². The van der Waals surface area contributed by atoms with Gasteiger partial charge in [0.2, 0.25) is 0 Å². The van der Waals surface area contributed by atoms with Crippen LogP contribution in [-0.4, -0.2) is 0 Å². The SMILES string of the molecule is CCCCc1cccc(CP)c1CCCC. The lowest BCUT2D eigenvalue weighted by Gasteiger charge is -2.13. The highest BCUT2D eigenvalue weighted by molar-refractivity contribution is 7.15. The number of hydrogen-bond donors (Lipinski definition) is 0. The third kappa shape index (κ3) is 3.91. The molecule has 0 N–H and O–H groups in total. The average Bonchev–Trinajstić information content (AvgIpc) is 2.33. The molecule has 0 nitrogen and oxygen atoms in total. The van der Waals surface area contributed by atoms with E-state index in [-0.39, 0.29) is 0 Å². The number of hydrogen-bond acceptors (Lipinski definition) is 0. The first kappa shape index (κ1) is 13.7. The second-order valence-corrected chi connectivity index (χ2v) is 4.87. The highest BCUT2D eigenvalue weighted by Crippen LogP contribution is 2.21. The van der Waals surface area contributed by atoms with Gasteiger partial charge in [0.25, 0.3) is 0 Å². The van der Waals surface area contributed by atoms with Crippen LogP contribution in [0.4, 0.5) is 0 Å². The minimum atomic E-state index is 1.10. The van der Waals surface area contributed by atoms with E-state index in [1.54, 1.807) is 11.1 Å². The Bertz CT molecular complexity index is 304. The third-order valence-corrected chi connectivity index (χ3v) is 3.61. The van der Waals surface area contributed by atoms with Gasteiger partial charge in [-0.2, -0.15) is 0 Å². The van der Waals surface area contributed by atoms with Crippen LogP contribution in [-0.2, 0) is 19.0 Å². The standard InChI is InChI=1S/C15H25P/c1-3-5-8-13-9-7-10-14(12-16)15(13)11-6-4-2/h7,9-10H,3-6,8,11-12,16H2,1-2H3. The Kier molecular flexibility index (Phi) is 6.73. The molecule has 1 unspecified atom stereocenters. The minimum absolute atomic E-state index is 1.10. The molecule has 0 aromatic heterocycles. The molecule has 1 rings (SSSR count). The Balaban J connectivity index is 2.86. The summed E-state index contributed by atoms with van der Waals surface area (Å²) in [5.74, 6) is 0. The van der Waals surface area contributed by atoms with Crippen molar-refractivity contribution >= 4 is 9.24 Å². The van der Waals surface area contributed by atoms with E-state index in [0.29, 0.717) is 0 Å². The fourth-order valence-electron chi connectivity index (χ4n) is 2.16. The van der Waals surface area contributed by atoms with Gasteiger partial charge in [-0.05, 0) is 48.5 Å². The zero-order valence-corrected chi connectivity index (χ0v) is 11.9. The van der Waals surface area contributed by atoms with Crippen molar-refractivity contribution in [2.24, 2.45) is 0 Å². The van der Waals surface area contributed by atoms with Gasteiger partial charge in [-0.25, -0.2) is 0 Å². The average molecular weight is 236 g/mol. The van der Waals surface area contributed by atoms with Gasteiger partial charge >= 0.3 is 0 Å². The van der Waals surface area contributed by atoms with Crippen LogP contribution >= 0.6 is 9.24 Å². The quantitative estimate of drug-likeness (QED) is 0.599.